The molecule has 0 radical (unpaired) electrons. The second kappa shape index (κ2) is 9.96. The van der Waals surface area contributed by atoms with Crippen LogP contribution in [0.25, 0.3) is 0 Å². The molecule has 0 amide bonds. The van der Waals surface area contributed by atoms with Gasteiger partial charge in [-0.3, -0.25) is 4.79 Å². The summed E-state index contributed by atoms with van der Waals surface area (Å²) in [4.78, 5) is 12.2. The van der Waals surface area contributed by atoms with E-state index in [0.29, 0.717) is 0 Å². The van der Waals surface area contributed by atoms with Crippen molar-refractivity contribution in [2.45, 2.75) is 41.5 Å². The summed E-state index contributed by atoms with van der Waals surface area (Å²) in [6.07, 6.45) is 0. The van der Waals surface area contributed by atoms with Gasteiger partial charge in [0.1, 0.15) is 0 Å². The lowest BCUT2D eigenvalue weighted by Gasteiger charge is -2.03. The third-order valence-electron chi connectivity index (χ3n) is 2.56. The van der Waals surface area contributed by atoms with Gasteiger partial charge in [0, 0.05) is 11.1 Å². The highest BCUT2D eigenvalue weighted by Gasteiger charge is 2.08. The van der Waals surface area contributed by atoms with Gasteiger partial charge in [0.25, 0.3) is 0 Å². The minimum Gasteiger partial charge on any atom is -0.289 e. The van der Waals surface area contributed by atoms with Crippen molar-refractivity contribution >= 4 is 5.78 Å². The molecule has 2 rings (SSSR count). The molecule has 2 aromatic carbocycles. The zero-order chi connectivity index (χ0) is 15.5. The van der Waals surface area contributed by atoms with Crippen molar-refractivity contribution in [1.82, 2.24) is 0 Å². The SMILES string of the molecule is CC.CC.Cc1cccc(C(=O)c2cccc(C)c2)c1. The summed E-state index contributed by atoms with van der Waals surface area (Å²) in [6, 6.07) is 15.4. The van der Waals surface area contributed by atoms with E-state index < -0.39 is 0 Å². The summed E-state index contributed by atoms with van der Waals surface area (Å²) in [5.74, 6) is 0.0902. The molecule has 1 heteroatoms. The fourth-order valence-corrected chi connectivity index (χ4v) is 1.74. The minimum atomic E-state index is 0.0902. The van der Waals surface area contributed by atoms with Gasteiger partial charge in [-0.2, -0.15) is 0 Å². The molecule has 0 fully saturated rings. The summed E-state index contributed by atoms with van der Waals surface area (Å²) in [5, 5.41) is 0. The molecule has 0 unspecified atom stereocenters. The molecule has 0 N–H and O–H groups in total. The molecule has 20 heavy (non-hydrogen) atoms. The molecule has 0 saturated heterocycles. The lowest BCUT2D eigenvalue weighted by Crippen LogP contribution is -2.01. The molecule has 0 spiro atoms. The van der Waals surface area contributed by atoms with Gasteiger partial charge in [0.15, 0.2) is 5.78 Å². The van der Waals surface area contributed by atoms with Crippen LogP contribution in [0.15, 0.2) is 48.5 Å². The van der Waals surface area contributed by atoms with Crippen molar-refractivity contribution in [3.8, 4) is 0 Å². The fraction of sp³-hybridized carbons (Fsp3) is 0.316. The Morgan fingerprint density at radius 1 is 0.700 bits per heavy atom. The number of aryl methyl sites for hydroxylation is 2. The van der Waals surface area contributed by atoms with Crippen LogP contribution in [0.4, 0.5) is 0 Å². The number of rotatable bonds is 2. The zero-order valence-corrected chi connectivity index (χ0v) is 13.5. The minimum absolute atomic E-state index is 0.0902. The molecule has 0 aromatic heterocycles. The van der Waals surface area contributed by atoms with E-state index in [1.165, 1.54) is 0 Å². The number of hydrogen-bond acceptors (Lipinski definition) is 1. The van der Waals surface area contributed by atoms with Crippen molar-refractivity contribution in [2.75, 3.05) is 0 Å². The first-order chi connectivity index (χ1) is 9.66. The quantitative estimate of drug-likeness (QED) is 0.650. The first-order valence-corrected chi connectivity index (χ1v) is 7.35. The summed E-state index contributed by atoms with van der Waals surface area (Å²) >= 11 is 0. The van der Waals surface area contributed by atoms with Crippen molar-refractivity contribution in [1.29, 1.82) is 0 Å². The monoisotopic (exact) mass is 270 g/mol. The first-order valence-electron chi connectivity index (χ1n) is 7.35. The average molecular weight is 270 g/mol. The predicted octanol–water partition coefficient (Wildman–Crippen LogP) is 5.59. The fourth-order valence-electron chi connectivity index (χ4n) is 1.74. The molecular weight excluding hydrogens is 244 g/mol. The number of carbonyl (C=O) groups is 1. The van der Waals surface area contributed by atoms with Gasteiger partial charge in [0.05, 0.1) is 0 Å². The maximum atomic E-state index is 12.2. The van der Waals surface area contributed by atoms with E-state index in [1.807, 2.05) is 90.1 Å². The Morgan fingerprint density at radius 2 is 1.05 bits per heavy atom. The number of hydrogen-bond donors (Lipinski definition) is 0. The topological polar surface area (TPSA) is 17.1 Å². The Hall–Kier alpha value is -1.89. The maximum Gasteiger partial charge on any atom is 0.193 e. The summed E-state index contributed by atoms with van der Waals surface area (Å²) < 4.78 is 0. The van der Waals surface area contributed by atoms with Crippen LogP contribution in [0, 0.1) is 13.8 Å². The summed E-state index contributed by atoms with van der Waals surface area (Å²) in [5.41, 5.74) is 3.73. The van der Waals surface area contributed by atoms with E-state index in [-0.39, 0.29) is 5.78 Å². The largest absolute Gasteiger partial charge is 0.289 e. The maximum absolute atomic E-state index is 12.2. The Morgan fingerprint density at radius 3 is 1.35 bits per heavy atom. The molecule has 0 aliphatic carbocycles. The first kappa shape index (κ1) is 18.1. The Bertz CT molecular complexity index is 479. The van der Waals surface area contributed by atoms with Gasteiger partial charge in [-0.15, -0.1) is 0 Å². The number of benzene rings is 2. The van der Waals surface area contributed by atoms with Crippen LogP contribution in [-0.2, 0) is 0 Å². The molecule has 2 aromatic rings. The third-order valence-corrected chi connectivity index (χ3v) is 2.56. The lowest BCUT2D eigenvalue weighted by atomic mass is 10.0. The van der Waals surface area contributed by atoms with E-state index in [2.05, 4.69) is 0 Å². The highest BCUT2D eigenvalue weighted by Crippen LogP contribution is 2.12. The van der Waals surface area contributed by atoms with Crippen LogP contribution in [0.5, 0.6) is 0 Å². The average Bonchev–Trinajstić information content (AvgIpc) is 2.50. The molecule has 0 atom stereocenters. The van der Waals surface area contributed by atoms with Crippen molar-refractivity contribution < 1.29 is 4.79 Å². The zero-order valence-electron chi connectivity index (χ0n) is 13.5. The molecule has 0 bridgehead atoms. The van der Waals surface area contributed by atoms with E-state index in [1.54, 1.807) is 0 Å². The van der Waals surface area contributed by atoms with Crippen molar-refractivity contribution in [3.05, 3.63) is 70.8 Å². The Labute approximate surface area is 123 Å². The van der Waals surface area contributed by atoms with Gasteiger partial charge < -0.3 is 0 Å². The van der Waals surface area contributed by atoms with E-state index in [0.717, 1.165) is 22.3 Å². The molecule has 1 nitrogen and oxygen atoms in total. The van der Waals surface area contributed by atoms with Crippen LogP contribution in [0.2, 0.25) is 0 Å². The Kier molecular flexibility index (Phi) is 9.02. The normalized spacial score (nSPS) is 8.70. The highest BCUT2D eigenvalue weighted by molar-refractivity contribution is 6.09. The lowest BCUT2D eigenvalue weighted by molar-refractivity contribution is 0.103. The second-order valence-corrected chi connectivity index (χ2v) is 4.07. The molecule has 0 aliphatic heterocycles. The van der Waals surface area contributed by atoms with E-state index in [4.69, 9.17) is 0 Å². The van der Waals surface area contributed by atoms with Gasteiger partial charge in [-0.25, -0.2) is 0 Å². The van der Waals surface area contributed by atoms with Crippen molar-refractivity contribution in [2.24, 2.45) is 0 Å². The Balaban J connectivity index is 0.000000829. The molecule has 0 aliphatic rings. The molecule has 0 saturated carbocycles. The van der Waals surface area contributed by atoms with E-state index in [9.17, 15) is 4.79 Å². The second-order valence-electron chi connectivity index (χ2n) is 4.07. The van der Waals surface area contributed by atoms with Crippen LogP contribution in [0.1, 0.15) is 54.7 Å². The van der Waals surface area contributed by atoms with Crippen LogP contribution < -0.4 is 0 Å². The number of ketones is 1. The van der Waals surface area contributed by atoms with Gasteiger partial charge in [-0.1, -0.05) is 75.2 Å². The van der Waals surface area contributed by atoms with Gasteiger partial charge in [-0.05, 0) is 26.0 Å². The van der Waals surface area contributed by atoms with E-state index >= 15 is 0 Å². The molecular formula is C19H26O. The number of carbonyl (C=O) groups excluding carboxylic acids is 1. The van der Waals surface area contributed by atoms with Gasteiger partial charge in [0.2, 0.25) is 0 Å². The van der Waals surface area contributed by atoms with Crippen molar-refractivity contribution in [3.63, 3.8) is 0 Å². The smallest absolute Gasteiger partial charge is 0.193 e. The predicted molar refractivity (Wildman–Crippen MR) is 88.5 cm³/mol. The highest BCUT2D eigenvalue weighted by atomic mass is 16.1. The van der Waals surface area contributed by atoms with Crippen LogP contribution >= 0.6 is 0 Å². The molecule has 108 valence electrons. The van der Waals surface area contributed by atoms with Crippen LogP contribution in [-0.4, -0.2) is 5.78 Å². The molecule has 0 heterocycles. The summed E-state index contributed by atoms with van der Waals surface area (Å²) in [6.45, 7) is 12.0. The standard InChI is InChI=1S/C15H14O.2C2H6/c1-11-5-3-7-13(9-11)15(16)14-8-4-6-12(2)10-14;2*1-2/h3-10H,1-2H3;2*1-2H3. The summed E-state index contributed by atoms with van der Waals surface area (Å²) in [7, 11) is 0. The third kappa shape index (κ3) is 5.40. The van der Waals surface area contributed by atoms with Crippen LogP contribution in [0.3, 0.4) is 0 Å². The van der Waals surface area contributed by atoms with Gasteiger partial charge >= 0.3 is 0 Å².